The van der Waals surface area contributed by atoms with Crippen LogP contribution in [0.15, 0.2) is 24.3 Å². The summed E-state index contributed by atoms with van der Waals surface area (Å²) < 4.78 is 0. The summed E-state index contributed by atoms with van der Waals surface area (Å²) in [5.74, 6) is 0. The number of nitrogens with one attached hydrogen (secondary N) is 1. The maximum atomic E-state index is 12.2. The van der Waals surface area contributed by atoms with Gasteiger partial charge in [-0.2, -0.15) is 0 Å². The van der Waals surface area contributed by atoms with Crippen LogP contribution in [0.25, 0.3) is 0 Å². The summed E-state index contributed by atoms with van der Waals surface area (Å²) in [5, 5.41) is 12.5. The Bertz CT molecular complexity index is 490. The lowest BCUT2D eigenvalue weighted by Crippen LogP contribution is -2.41. The molecule has 2 atom stereocenters. The van der Waals surface area contributed by atoms with Crippen molar-refractivity contribution in [3.8, 4) is 0 Å². The molecule has 21 heavy (non-hydrogen) atoms. The van der Waals surface area contributed by atoms with Crippen molar-refractivity contribution in [2.75, 3.05) is 32.5 Å². The Kier molecular flexibility index (Phi) is 5.20. The number of carbonyl (C=O) groups is 1. The highest BCUT2D eigenvalue weighted by atomic mass is 16.3. The lowest BCUT2D eigenvalue weighted by Gasteiger charge is -2.26. The predicted molar refractivity (Wildman–Crippen MR) is 84.4 cm³/mol. The first-order chi connectivity index (χ1) is 9.97. The van der Waals surface area contributed by atoms with Crippen molar-refractivity contribution < 1.29 is 9.90 Å². The SMILES string of the molecule is CC(O)c1cccc(NC(=O)N(C)CC2CCCN2C)c1. The number of hydrogen-bond acceptors (Lipinski definition) is 3. The van der Waals surface area contributed by atoms with Crippen molar-refractivity contribution in [2.45, 2.75) is 31.9 Å². The number of likely N-dealkylation sites (tertiary alicyclic amines) is 1. The highest BCUT2D eigenvalue weighted by Crippen LogP contribution is 2.18. The fourth-order valence-electron chi connectivity index (χ4n) is 2.70. The normalized spacial score (nSPS) is 20.3. The Morgan fingerprint density at radius 3 is 2.95 bits per heavy atom. The number of hydrogen-bond donors (Lipinski definition) is 2. The first kappa shape index (κ1) is 15.8. The molecule has 0 saturated carbocycles. The van der Waals surface area contributed by atoms with E-state index in [1.165, 1.54) is 6.42 Å². The fraction of sp³-hybridized carbons (Fsp3) is 0.562. The standard InChI is InChI=1S/C16H25N3O2/c1-12(20)13-6-4-7-14(10-13)17-16(21)19(3)11-15-8-5-9-18(15)2/h4,6-7,10,12,15,20H,5,8-9,11H2,1-3H3,(H,17,21). The molecule has 0 spiro atoms. The predicted octanol–water partition coefficient (Wildman–Crippen LogP) is 2.30. The van der Waals surface area contributed by atoms with Crippen molar-refractivity contribution >= 4 is 11.7 Å². The lowest BCUT2D eigenvalue weighted by atomic mass is 10.1. The Labute approximate surface area is 126 Å². The van der Waals surface area contributed by atoms with Crippen LogP contribution in [0.2, 0.25) is 0 Å². The topological polar surface area (TPSA) is 55.8 Å². The molecule has 1 aliphatic heterocycles. The Morgan fingerprint density at radius 1 is 1.57 bits per heavy atom. The zero-order valence-electron chi connectivity index (χ0n) is 13.0. The molecule has 1 aromatic rings. The third-order valence-corrected chi connectivity index (χ3v) is 4.12. The summed E-state index contributed by atoms with van der Waals surface area (Å²) in [7, 11) is 3.93. The molecule has 1 aromatic carbocycles. The summed E-state index contributed by atoms with van der Waals surface area (Å²) in [6, 6.07) is 7.65. The third-order valence-electron chi connectivity index (χ3n) is 4.12. The van der Waals surface area contributed by atoms with E-state index in [-0.39, 0.29) is 6.03 Å². The second-order valence-corrected chi connectivity index (χ2v) is 5.89. The fourth-order valence-corrected chi connectivity index (χ4v) is 2.70. The van der Waals surface area contributed by atoms with Gasteiger partial charge in [-0.15, -0.1) is 0 Å². The van der Waals surface area contributed by atoms with Crippen LogP contribution in [0, 0.1) is 0 Å². The summed E-state index contributed by atoms with van der Waals surface area (Å²) in [6.45, 7) is 3.55. The molecule has 1 saturated heterocycles. The lowest BCUT2D eigenvalue weighted by molar-refractivity contribution is 0.198. The summed E-state index contributed by atoms with van der Waals surface area (Å²) in [6.07, 6.45) is 1.81. The van der Waals surface area contributed by atoms with Gasteiger partial charge in [0.05, 0.1) is 6.10 Å². The van der Waals surface area contributed by atoms with Gasteiger partial charge in [0, 0.05) is 25.3 Å². The van der Waals surface area contributed by atoms with Gasteiger partial charge in [0.15, 0.2) is 0 Å². The molecule has 5 nitrogen and oxygen atoms in total. The number of anilines is 1. The molecule has 1 heterocycles. The van der Waals surface area contributed by atoms with E-state index in [0.29, 0.717) is 11.7 Å². The zero-order chi connectivity index (χ0) is 15.4. The van der Waals surface area contributed by atoms with E-state index >= 15 is 0 Å². The van der Waals surface area contributed by atoms with Crippen molar-refractivity contribution in [1.82, 2.24) is 9.80 Å². The van der Waals surface area contributed by atoms with Crippen LogP contribution in [0.4, 0.5) is 10.5 Å². The number of benzene rings is 1. The van der Waals surface area contributed by atoms with Gasteiger partial charge in [0.1, 0.15) is 0 Å². The van der Waals surface area contributed by atoms with Crippen LogP contribution in [-0.2, 0) is 0 Å². The minimum absolute atomic E-state index is 0.113. The Morgan fingerprint density at radius 2 is 2.33 bits per heavy atom. The van der Waals surface area contributed by atoms with E-state index in [2.05, 4.69) is 17.3 Å². The highest BCUT2D eigenvalue weighted by molar-refractivity contribution is 5.89. The van der Waals surface area contributed by atoms with Crippen LogP contribution in [-0.4, -0.2) is 54.2 Å². The molecule has 0 aromatic heterocycles. The molecular weight excluding hydrogens is 266 g/mol. The van der Waals surface area contributed by atoms with E-state index in [9.17, 15) is 9.90 Å². The number of urea groups is 1. The number of likely N-dealkylation sites (N-methyl/N-ethyl adjacent to an activating group) is 2. The van der Waals surface area contributed by atoms with Gasteiger partial charge in [0.25, 0.3) is 0 Å². The van der Waals surface area contributed by atoms with Crippen molar-refractivity contribution in [2.24, 2.45) is 0 Å². The van der Waals surface area contributed by atoms with Gasteiger partial charge in [-0.3, -0.25) is 0 Å². The number of rotatable bonds is 4. The Hall–Kier alpha value is -1.59. The zero-order valence-corrected chi connectivity index (χ0v) is 13.0. The van der Waals surface area contributed by atoms with Crippen LogP contribution in [0.1, 0.15) is 31.4 Å². The third kappa shape index (κ3) is 4.19. The van der Waals surface area contributed by atoms with Gasteiger partial charge in [-0.1, -0.05) is 12.1 Å². The smallest absolute Gasteiger partial charge is 0.321 e. The van der Waals surface area contributed by atoms with Crippen molar-refractivity contribution in [3.05, 3.63) is 29.8 Å². The summed E-state index contributed by atoms with van der Waals surface area (Å²) in [5.41, 5.74) is 1.51. The number of nitrogens with zero attached hydrogens (tertiary/aromatic N) is 2. The maximum Gasteiger partial charge on any atom is 0.321 e. The van der Waals surface area contributed by atoms with E-state index in [0.717, 1.165) is 25.1 Å². The molecule has 1 fully saturated rings. The van der Waals surface area contributed by atoms with Gasteiger partial charge in [-0.05, 0) is 51.1 Å². The molecule has 0 radical (unpaired) electrons. The molecule has 2 rings (SSSR count). The number of aliphatic hydroxyl groups is 1. The minimum atomic E-state index is -0.535. The van der Waals surface area contributed by atoms with Gasteiger partial charge < -0.3 is 20.2 Å². The van der Waals surface area contributed by atoms with Crippen LogP contribution in [0.3, 0.4) is 0 Å². The number of amides is 2. The first-order valence-corrected chi connectivity index (χ1v) is 7.47. The summed E-state index contributed by atoms with van der Waals surface area (Å²) >= 11 is 0. The van der Waals surface area contributed by atoms with Crippen molar-refractivity contribution in [3.63, 3.8) is 0 Å². The van der Waals surface area contributed by atoms with E-state index < -0.39 is 6.10 Å². The molecule has 1 aliphatic rings. The van der Waals surface area contributed by atoms with Crippen LogP contribution in [0.5, 0.6) is 0 Å². The minimum Gasteiger partial charge on any atom is -0.389 e. The monoisotopic (exact) mass is 291 g/mol. The largest absolute Gasteiger partial charge is 0.389 e. The molecule has 2 N–H and O–H groups in total. The average Bonchev–Trinajstić information content (AvgIpc) is 2.84. The molecule has 5 heteroatoms. The summed E-state index contributed by atoms with van der Waals surface area (Å²) in [4.78, 5) is 16.2. The van der Waals surface area contributed by atoms with E-state index in [4.69, 9.17) is 0 Å². The molecule has 0 bridgehead atoms. The molecule has 116 valence electrons. The molecule has 2 unspecified atom stereocenters. The number of carbonyl (C=O) groups excluding carboxylic acids is 1. The highest BCUT2D eigenvalue weighted by Gasteiger charge is 2.23. The van der Waals surface area contributed by atoms with Gasteiger partial charge in [0.2, 0.25) is 0 Å². The number of aliphatic hydroxyl groups excluding tert-OH is 1. The molecule has 0 aliphatic carbocycles. The van der Waals surface area contributed by atoms with Gasteiger partial charge >= 0.3 is 6.03 Å². The Balaban J connectivity index is 1.92. The van der Waals surface area contributed by atoms with E-state index in [1.807, 2.05) is 25.2 Å². The second kappa shape index (κ2) is 6.91. The molecular formula is C16H25N3O2. The van der Waals surface area contributed by atoms with Crippen LogP contribution >= 0.6 is 0 Å². The van der Waals surface area contributed by atoms with Crippen molar-refractivity contribution in [1.29, 1.82) is 0 Å². The average molecular weight is 291 g/mol. The second-order valence-electron chi connectivity index (χ2n) is 5.89. The van der Waals surface area contributed by atoms with E-state index in [1.54, 1.807) is 17.9 Å². The van der Waals surface area contributed by atoms with Crippen LogP contribution < -0.4 is 5.32 Å². The molecule has 2 amide bonds. The maximum absolute atomic E-state index is 12.2. The van der Waals surface area contributed by atoms with Gasteiger partial charge in [-0.25, -0.2) is 4.79 Å². The first-order valence-electron chi connectivity index (χ1n) is 7.47. The quantitative estimate of drug-likeness (QED) is 0.895.